The fourth-order valence-corrected chi connectivity index (χ4v) is 4.99. The third-order valence-corrected chi connectivity index (χ3v) is 6.91. The van der Waals surface area contributed by atoms with Gasteiger partial charge in [0.05, 0.1) is 35.5 Å². The fraction of sp³-hybridized carbons (Fsp3) is 0.323. The molecule has 0 spiro atoms. The molecule has 222 valence electrons. The Kier molecular flexibility index (Phi) is 10.2. The van der Waals surface area contributed by atoms with Crippen molar-refractivity contribution in [2.75, 3.05) is 19.0 Å². The lowest BCUT2D eigenvalue weighted by atomic mass is 9.68. The molecule has 0 bridgehead atoms. The number of ether oxygens (including phenoxy) is 1. The van der Waals surface area contributed by atoms with Crippen molar-refractivity contribution >= 4 is 40.8 Å². The highest BCUT2D eigenvalue weighted by molar-refractivity contribution is 6.31. The van der Waals surface area contributed by atoms with E-state index >= 15 is 8.78 Å². The Morgan fingerprint density at radius 2 is 1.79 bits per heavy atom. The van der Waals surface area contributed by atoms with Gasteiger partial charge in [-0.1, -0.05) is 69.1 Å². The number of nitriles is 1. The van der Waals surface area contributed by atoms with Crippen LogP contribution in [-0.2, 0) is 10.2 Å². The number of carbonyl (C=O) groups is 2. The zero-order valence-corrected chi connectivity index (χ0v) is 25.2. The summed E-state index contributed by atoms with van der Waals surface area (Å²) in [6, 6.07) is 12.7. The van der Waals surface area contributed by atoms with Crippen molar-refractivity contribution in [3.05, 3.63) is 93.0 Å². The van der Waals surface area contributed by atoms with Crippen LogP contribution in [0.4, 0.5) is 14.5 Å². The van der Waals surface area contributed by atoms with Crippen molar-refractivity contribution in [1.29, 1.82) is 5.26 Å². The Morgan fingerprint density at radius 3 is 2.36 bits per heavy atom. The summed E-state index contributed by atoms with van der Waals surface area (Å²) in [5.41, 5.74) is -1.23. The molecule has 1 aliphatic rings. The van der Waals surface area contributed by atoms with Gasteiger partial charge in [-0.25, -0.2) is 13.6 Å². The highest BCUT2D eigenvalue weighted by Gasteiger charge is 2.55. The van der Waals surface area contributed by atoms with Crippen LogP contribution in [0.5, 0.6) is 5.75 Å². The molecule has 3 atom stereocenters. The van der Waals surface area contributed by atoms with Crippen LogP contribution in [0.3, 0.4) is 0 Å². The van der Waals surface area contributed by atoms with Gasteiger partial charge in [-0.05, 0) is 47.4 Å². The van der Waals surface area contributed by atoms with Gasteiger partial charge in [0.2, 0.25) is 5.91 Å². The van der Waals surface area contributed by atoms with E-state index in [1.807, 2.05) is 0 Å². The molecule has 4 rings (SSSR count). The first-order valence-electron chi connectivity index (χ1n) is 12.9. The van der Waals surface area contributed by atoms with E-state index < -0.39 is 40.9 Å². The molecule has 11 heteroatoms. The minimum absolute atomic E-state index is 0.0539. The normalized spacial score (nSPS) is 19.7. The SMILES string of the molecule is CC(C)(C)C.COc1cc(C(=O)O)ccc1NC(=O)C1NCC(C#N)(c2ccc(Cl)cc2F)[C@H]1c1cccc(Cl)c1F. The monoisotopic (exact) mass is 617 g/mol. The topological polar surface area (TPSA) is 111 Å². The third-order valence-electron chi connectivity index (χ3n) is 6.38. The summed E-state index contributed by atoms with van der Waals surface area (Å²) in [5, 5.41) is 25.0. The zero-order valence-electron chi connectivity index (χ0n) is 23.7. The summed E-state index contributed by atoms with van der Waals surface area (Å²) in [6.45, 7) is 8.56. The zero-order chi connectivity index (χ0) is 31.4. The maximum Gasteiger partial charge on any atom is 0.335 e. The highest BCUT2D eigenvalue weighted by Crippen LogP contribution is 2.47. The summed E-state index contributed by atoms with van der Waals surface area (Å²) in [7, 11) is 1.30. The second-order valence-corrected chi connectivity index (χ2v) is 12.2. The molecule has 1 amide bonds. The molecule has 0 radical (unpaired) electrons. The molecule has 7 nitrogen and oxygen atoms in total. The molecule has 0 saturated carbocycles. The summed E-state index contributed by atoms with van der Waals surface area (Å²) in [4.78, 5) is 24.8. The molecular formula is C31H31Cl2F2N3O4. The van der Waals surface area contributed by atoms with E-state index in [1.54, 1.807) is 0 Å². The van der Waals surface area contributed by atoms with Gasteiger partial charge in [0.1, 0.15) is 22.8 Å². The van der Waals surface area contributed by atoms with Crippen LogP contribution in [0.1, 0.15) is 55.1 Å². The average Bonchev–Trinajstić information content (AvgIpc) is 3.29. The summed E-state index contributed by atoms with van der Waals surface area (Å²) >= 11 is 11.9. The van der Waals surface area contributed by atoms with Gasteiger partial charge in [0, 0.05) is 23.0 Å². The van der Waals surface area contributed by atoms with E-state index in [-0.39, 0.29) is 44.7 Å². The van der Waals surface area contributed by atoms with Crippen LogP contribution >= 0.6 is 23.2 Å². The quantitative estimate of drug-likeness (QED) is 0.270. The van der Waals surface area contributed by atoms with Crippen molar-refractivity contribution in [2.45, 2.75) is 45.1 Å². The number of aromatic carboxylic acids is 1. The number of halogens is 4. The minimum Gasteiger partial charge on any atom is -0.495 e. The molecule has 2 unspecified atom stereocenters. The highest BCUT2D eigenvalue weighted by atomic mass is 35.5. The largest absolute Gasteiger partial charge is 0.495 e. The van der Waals surface area contributed by atoms with Gasteiger partial charge in [-0.2, -0.15) is 5.26 Å². The molecular weight excluding hydrogens is 587 g/mol. The maximum absolute atomic E-state index is 15.3. The van der Waals surface area contributed by atoms with E-state index in [0.717, 1.165) is 6.07 Å². The van der Waals surface area contributed by atoms with Gasteiger partial charge < -0.3 is 20.5 Å². The summed E-state index contributed by atoms with van der Waals surface area (Å²) in [6.07, 6.45) is 0. The van der Waals surface area contributed by atoms with Crippen molar-refractivity contribution in [1.82, 2.24) is 5.32 Å². The third kappa shape index (κ3) is 7.19. The number of carboxylic acids is 1. The number of carbonyl (C=O) groups excluding carboxylic acids is 1. The van der Waals surface area contributed by atoms with E-state index in [0.29, 0.717) is 5.41 Å². The average molecular weight is 619 g/mol. The Hall–Kier alpha value is -3.71. The molecule has 3 aromatic carbocycles. The second-order valence-electron chi connectivity index (χ2n) is 11.4. The lowest BCUT2D eigenvalue weighted by Crippen LogP contribution is -2.41. The molecule has 42 heavy (non-hydrogen) atoms. The van der Waals surface area contributed by atoms with E-state index in [1.165, 1.54) is 55.6 Å². The number of benzene rings is 3. The van der Waals surface area contributed by atoms with Crippen LogP contribution in [0.25, 0.3) is 0 Å². The van der Waals surface area contributed by atoms with Crippen molar-refractivity contribution in [3.8, 4) is 11.8 Å². The van der Waals surface area contributed by atoms with Crippen molar-refractivity contribution in [2.24, 2.45) is 5.41 Å². The molecule has 3 aromatic rings. The summed E-state index contributed by atoms with van der Waals surface area (Å²) in [5.74, 6) is -4.63. The number of hydrogen-bond acceptors (Lipinski definition) is 5. The predicted octanol–water partition coefficient (Wildman–Crippen LogP) is 7.19. The first-order chi connectivity index (χ1) is 19.6. The number of nitrogens with zero attached hydrogens (tertiary/aromatic N) is 1. The Morgan fingerprint density at radius 1 is 1.12 bits per heavy atom. The minimum atomic E-state index is -1.71. The molecule has 1 fully saturated rings. The number of nitrogens with one attached hydrogen (secondary N) is 2. The lowest BCUT2D eigenvalue weighted by molar-refractivity contribution is -0.118. The second kappa shape index (κ2) is 13.1. The van der Waals surface area contributed by atoms with Crippen molar-refractivity contribution in [3.63, 3.8) is 0 Å². The predicted molar refractivity (Wildman–Crippen MR) is 158 cm³/mol. The Balaban J connectivity index is 0.000000892. The maximum atomic E-state index is 15.3. The molecule has 0 aromatic heterocycles. The standard InChI is InChI=1S/C26H19Cl2F2N3O4.C5H12/c1-37-20-9-13(25(35)36)5-8-19(20)33-24(34)23-21(15-3-2-4-17(28)22(15)30)26(11-31,12-32-23)16-7-6-14(27)10-18(16)29;1-5(2,3)4/h2-10,21,23,32H,12H2,1H3,(H,33,34)(H,35,36);1-4H3/t21-,23?,26?;/m0./s1. The Bertz CT molecular complexity index is 1530. The van der Waals surface area contributed by atoms with E-state index in [2.05, 4.69) is 44.4 Å². The number of carboxylic acid groups (broad SMARTS) is 1. The number of rotatable bonds is 6. The number of hydrogen-bond donors (Lipinski definition) is 3. The number of methoxy groups -OCH3 is 1. The van der Waals surface area contributed by atoms with Gasteiger partial charge in [0.25, 0.3) is 0 Å². The van der Waals surface area contributed by atoms with Gasteiger partial charge in [-0.3, -0.25) is 4.79 Å². The van der Waals surface area contributed by atoms with Crippen LogP contribution < -0.4 is 15.4 Å². The molecule has 1 aliphatic heterocycles. The van der Waals surface area contributed by atoms with Gasteiger partial charge in [-0.15, -0.1) is 0 Å². The molecule has 1 saturated heterocycles. The Labute approximate surface area is 253 Å². The van der Waals surface area contributed by atoms with Gasteiger partial charge >= 0.3 is 5.97 Å². The van der Waals surface area contributed by atoms with Crippen LogP contribution in [0.15, 0.2) is 54.6 Å². The molecule has 3 N–H and O–H groups in total. The smallest absolute Gasteiger partial charge is 0.335 e. The van der Waals surface area contributed by atoms with Crippen molar-refractivity contribution < 1.29 is 28.2 Å². The number of amides is 1. The summed E-state index contributed by atoms with van der Waals surface area (Å²) < 4.78 is 35.7. The number of anilines is 1. The first-order valence-corrected chi connectivity index (χ1v) is 13.6. The van der Waals surface area contributed by atoms with Gasteiger partial charge in [0.15, 0.2) is 0 Å². The van der Waals surface area contributed by atoms with Crippen LogP contribution in [0.2, 0.25) is 10.0 Å². The van der Waals surface area contributed by atoms with E-state index in [9.17, 15) is 20.0 Å². The molecule has 0 aliphatic carbocycles. The van der Waals surface area contributed by atoms with Crippen LogP contribution in [-0.4, -0.2) is 36.7 Å². The molecule has 1 heterocycles. The van der Waals surface area contributed by atoms with Crippen LogP contribution in [0, 0.1) is 28.4 Å². The first kappa shape index (κ1) is 32.8. The fourth-order valence-electron chi connectivity index (χ4n) is 4.65. The van der Waals surface area contributed by atoms with E-state index in [4.69, 9.17) is 27.9 Å². The lowest BCUT2D eigenvalue weighted by Gasteiger charge is -2.31.